The molecule has 0 bridgehead atoms. The third-order valence-corrected chi connectivity index (χ3v) is 4.80. The molecule has 2 aliphatic rings. The van der Waals surface area contributed by atoms with Crippen molar-refractivity contribution in [1.82, 2.24) is 15.1 Å². The second-order valence-electron chi connectivity index (χ2n) is 6.41. The molecule has 0 radical (unpaired) electrons. The topological polar surface area (TPSA) is 52.7 Å². The van der Waals surface area contributed by atoms with Crippen molar-refractivity contribution in [3.05, 3.63) is 35.6 Å². The molecule has 2 aliphatic heterocycles. The van der Waals surface area contributed by atoms with Crippen LogP contribution in [0.2, 0.25) is 0 Å². The Morgan fingerprint density at radius 3 is 2.71 bits per heavy atom. The Morgan fingerprint density at radius 2 is 2.12 bits per heavy atom. The highest BCUT2D eigenvalue weighted by molar-refractivity contribution is 5.87. The van der Waals surface area contributed by atoms with Crippen LogP contribution < -0.4 is 5.32 Å². The molecule has 1 atom stereocenters. The summed E-state index contributed by atoms with van der Waals surface area (Å²) < 4.78 is 13.2. The number of rotatable bonds is 4. The molecule has 0 saturated carbocycles. The molecule has 1 unspecified atom stereocenters. The van der Waals surface area contributed by atoms with Crippen molar-refractivity contribution in [2.75, 3.05) is 32.7 Å². The molecule has 24 heavy (non-hydrogen) atoms. The van der Waals surface area contributed by atoms with Gasteiger partial charge in [0.2, 0.25) is 11.8 Å². The highest BCUT2D eigenvalue weighted by Gasteiger charge is 2.34. The average molecular weight is 356 g/mol. The minimum atomic E-state index is -0.299. The first kappa shape index (κ1) is 18.7. The maximum absolute atomic E-state index is 13.2. The molecule has 2 saturated heterocycles. The van der Waals surface area contributed by atoms with Gasteiger partial charge in [0.15, 0.2) is 0 Å². The molecule has 1 aromatic carbocycles. The smallest absolute Gasteiger partial charge is 0.242 e. The average Bonchev–Trinajstić information content (AvgIpc) is 2.47. The van der Waals surface area contributed by atoms with E-state index in [1.54, 1.807) is 21.9 Å². The van der Waals surface area contributed by atoms with Crippen molar-refractivity contribution < 1.29 is 14.0 Å². The van der Waals surface area contributed by atoms with Gasteiger partial charge in [-0.1, -0.05) is 19.1 Å². The van der Waals surface area contributed by atoms with E-state index in [-0.39, 0.29) is 42.5 Å². The SMILES string of the molecule is CC(C(=O)N1CCN(Cc2cccc(F)c2)C(=O)C1)C1CNC1.Cl. The number of piperazine rings is 1. The molecule has 7 heteroatoms. The summed E-state index contributed by atoms with van der Waals surface area (Å²) in [6.07, 6.45) is 0. The predicted octanol–water partition coefficient (Wildman–Crippen LogP) is 1.27. The molecule has 2 heterocycles. The van der Waals surface area contributed by atoms with Gasteiger partial charge < -0.3 is 15.1 Å². The van der Waals surface area contributed by atoms with Gasteiger partial charge >= 0.3 is 0 Å². The molecule has 132 valence electrons. The van der Waals surface area contributed by atoms with Crippen molar-refractivity contribution >= 4 is 24.2 Å². The summed E-state index contributed by atoms with van der Waals surface area (Å²) in [5, 5.41) is 3.17. The van der Waals surface area contributed by atoms with Crippen LogP contribution in [0.1, 0.15) is 12.5 Å². The third kappa shape index (κ3) is 4.05. The van der Waals surface area contributed by atoms with E-state index < -0.39 is 0 Å². The van der Waals surface area contributed by atoms with E-state index in [0.717, 1.165) is 18.7 Å². The van der Waals surface area contributed by atoms with Gasteiger partial charge in [0, 0.05) is 25.6 Å². The predicted molar refractivity (Wildman–Crippen MR) is 91.2 cm³/mol. The molecular formula is C17H23ClFN3O2. The first-order chi connectivity index (χ1) is 11.0. The highest BCUT2D eigenvalue weighted by Crippen LogP contribution is 2.20. The van der Waals surface area contributed by atoms with Crippen LogP contribution in [-0.4, -0.2) is 54.3 Å². The lowest BCUT2D eigenvalue weighted by Gasteiger charge is -2.38. The van der Waals surface area contributed by atoms with Gasteiger partial charge in [0.25, 0.3) is 0 Å². The second-order valence-corrected chi connectivity index (χ2v) is 6.41. The number of hydrogen-bond acceptors (Lipinski definition) is 3. The molecule has 0 aromatic heterocycles. The van der Waals surface area contributed by atoms with E-state index in [0.29, 0.717) is 25.6 Å². The summed E-state index contributed by atoms with van der Waals surface area (Å²) in [5.74, 6) is 0.0245. The van der Waals surface area contributed by atoms with E-state index in [2.05, 4.69) is 5.32 Å². The Labute approximate surface area is 147 Å². The van der Waals surface area contributed by atoms with Gasteiger partial charge in [-0.2, -0.15) is 0 Å². The largest absolute Gasteiger partial charge is 0.335 e. The Bertz CT molecular complexity index is 609. The fourth-order valence-corrected chi connectivity index (χ4v) is 3.07. The molecule has 1 N–H and O–H groups in total. The van der Waals surface area contributed by atoms with Crippen LogP contribution in [0.15, 0.2) is 24.3 Å². The third-order valence-electron chi connectivity index (χ3n) is 4.80. The van der Waals surface area contributed by atoms with Gasteiger partial charge in [-0.15, -0.1) is 12.4 Å². The van der Waals surface area contributed by atoms with Crippen LogP contribution in [0.25, 0.3) is 0 Å². The number of benzene rings is 1. The number of nitrogens with one attached hydrogen (secondary N) is 1. The number of nitrogens with zero attached hydrogens (tertiary/aromatic N) is 2. The molecule has 5 nitrogen and oxygen atoms in total. The van der Waals surface area contributed by atoms with E-state index in [1.807, 2.05) is 6.92 Å². The lowest BCUT2D eigenvalue weighted by atomic mass is 9.88. The molecule has 0 spiro atoms. The summed E-state index contributed by atoms with van der Waals surface area (Å²) in [6, 6.07) is 6.28. The van der Waals surface area contributed by atoms with Crippen LogP contribution in [0.5, 0.6) is 0 Å². The Kier molecular flexibility index (Phi) is 6.18. The summed E-state index contributed by atoms with van der Waals surface area (Å²) in [6.45, 7) is 5.25. The Balaban J connectivity index is 0.00000208. The molecule has 1 aromatic rings. The number of amides is 2. The van der Waals surface area contributed by atoms with Crippen molar-refractivity contribution in [2.45, 2.75) is 13.5 Å². The van der Waals surface area contributed by atoms with E-state index >= 15 is 0 Å². The van der Waals surface area contributed by atoms with Crippen molar-refractivity contribution in [3.63, 3.8) is 0 Å². The standard InChI is InChI=1S/C17H22FN3O2.ClH/c1-12(14-8-19-9-14)17(23)21-6-5-20(16(22)11-21)10-13-3-2-4-15(18)7-13;/h2-4,7,12,14,19H,5-6,8-11H2,1H3;1H. The lowest BCUT2D eigenvalue weighted by molar-refractivity contribution is -0.149. The number of halogens is 2. The van der Waals surface area contributed by atoms with Crippen molar-refractivity contribution in [1.29, 1.82) is 0 Å². The fraction of sp³-hybridized carbons (Fsp3) is 0.529. The van der Waals surface area contributed by atoms with Crippen LogP contribution in [0, 0.1) is 17.7 Å². The van der Waals surface area contributed by atoms with Crippen LogP contribution in [0.3, 0.4) is 0 Å². The monoisotopic (exact) mass is 355 g/mol. The van der Waals surface area contributed by atoms with Crippen molar-refractivity contribution in [3.8, 4) is 0 Å². The van der Waals surface area contributed by atoms with Gasteiger partial charge in [-0.3, -0.25) is 9.59 Å². The van der Waals surface area contributed by atoms with Gasteiger partial charge in [0.05, 0.1) is 6.54 Å². The van der Waals surface area contributed by atoms with Crippen molar-refractivity contribution in [2.24, 2.45) is 11.8 Å². The van der Waals surface area contributed by atoms with Crippen LogP contribution in [-0.2, 0) is 16.1 Å². The number of hydrogen-bond donors (Lipinski definition) is 1. The molecule has 2 amide bonds. The van der Waals surface area contributed by atoms with Crippen LogP contribution in [0.4, 0.5) is 4.39 Å². The van der Waals surface area contributed by atoms with E-state index in [9.17, 15) is 14.0 Å². The van der Waals surface area contributed by atoms with Gasteiger partial charge in [-0.25, -0.2) is 4.39 Å². The maximum atomic E-state index is 13.2. The summed E-state index contributed by atoms with van der Waals surface area (Å²) in [4.78, 5) is 28.1. The number of carbonyl (C=O) groups excluding carboxylic acids is 2. The zero-order chi connectivity index (χ0) is 16.4. The summed E-state index contributed by atoms with van der Waals surface area (Å²) in [7, 11) is 0. The first-order valence-corrected chi connectivity index (χ1v) is 8.06. The van der Waals surface area contributed by atoms with E-state index in [1.165, 1.54) is 12.1 Å². The zero-order valence-electron chi connectivity index (χ0n) is 13.7. The highest BCUT2D eigenvalue weighted by atomic mass is 35.5. The lowest BCUT2D eigenvalue weighted by Crippen LogP contribution is -2.56. The molecular weight excluding hydrogens is 333 g/mol. The molecule has 0 aliphatic carbocycles. The number of carbonyl (C=O) groups is 2. The summed E-state index contributed by atoms with van der Waals surface area (Å²) in [5.41, 5.74) is 0.770. The second kappa shape index (κ2) is 7.94. The molecule has 2 fully saturated rings. The van der Waals surface area contributed by atoms with Crippen LogP contribution >= 0.6 is 12.4 Å². The molecule has 3 rings (SSSR count). The van der Waals surface area contributed by atoms with E-state index in [4.69, 9.17) is 0 Å². The maximum Gasteiger partial charge on any atom is 0.242 e. The normalized spacial score (nSPS) is 19.5. The fourth-order valence-electron chi connectivity index (χ4n) is 3.07. The first-order valence-electron chi connectivity index (χ1n) is 8.06. The Morgan fingerprint density at radius 1 is 1.38 bits per heavy atom. The Hall–Kier alpha value is -1.66. The quantitative estimate of drug-likeness (QED) is 0.885. The minimum Gasteiger partial charge on any atom is -0.335 e. The van der Waals surface area contributed by atoms with Gasteiger partial charge in [-0.05, 0) is 36.7 Å². The summed E-state index contributed by atoms with van der Waals surface area (Å²) >= 11 is 0. The zero-order valence-corrected chi connectivity index (χ0v) is 14.5. The minimum absolute atomic E-state index is 0. The van der Waals surface area contributed by atoms with Gasteiger partial charge in [0.1, 0.15) is 5.82 Å².